The van der Waals surface area contributed by atoms with Crippen LogP contribution in [-0.4, -0.2) is 17.5 Å². The van der Waals surface area contributed by atoms with Gasteiger partial charge in [-0.1, -0.05) is 73.5 Å². The molecular weight excluding hydrogens is 254 g/mol. The van der Waals surface area contributed by atoms with E-state index in [2.05, 4.69) is 65.7 Å². The Morgan fingerprint density at radius 3 is 2.11 bits per heavy atom. The standard InChI is InChI=1S/C16H17NOS/c19-17-11-12-18-16(14-9-5-2-6-10-14)15(17)13-7-3-1-4-8-13/h1-10,15-16,19H,11-12H2/t15-,16-/m1/s1. The number of hydrogen-bond acceptors (Lipinski definition) is 3. The molecule has 19 heavy (non-hydrogen) atoms. The van der Waals surface area contributed by atoms with Crippen LogP contribution in [0.25, 0.3) is 0 Å². The number of ether oxygens (including phenoxy) is 1. The molecule has 2 atom stereocenters. The first kappa shape index (κ1) is 12.7. The van der Waals surface area contributed by atoms with E-state index in [1.807, 2.05) is 12.1 Å². The summed E-state index contributed by atoms with van der Waals surface area (Å²) in [6.45, 7) is 1.55. The Kier molecular flexibility index (Phi) is 3.87. The topological polar surface area (TPSA) is 12.5 Å². The number of thiol groups is 1. The molecule has 0 spiro atoms. The van der Waals surface area contributed by atoms with Crippen LogP contribution in [-0.2, 0) is 4.74 Å². The Labute approximate surface area is 119 Å². The van der Waals surface area contributed by atoms with Gasteiger partial charge in [0.05, 0.1) is 12.6 Å². The van der Waals surface area contributed by atoms with Crippen LogP contribution in [0.2, 0.25) is 0 Å². The highest BCUT2D eigenvalue weighted by Crippen LogP contribution is 2.40. The van der Waals surface area contributed by atoms with Crippen LogP contribution >= 0.6 is 12.8 Å². The third-order valence-electron chi connectivity index (χ3n) is 3.49. The summed E-state index contributed by atoms with van der Waals surface area (Å²) in [5, 5.41) is 0. The molecule has 3 heteroatoms. The van der Waals surface area contributed by atoms with Gasteiger partial charge in [0.15, 0.2) is 0 Å². The predicted molar refractivity (Wildman–Crippen MR) is 80.0 cm³/mol. The first-order chi connectivity index (χ1) is 9.36. The molecule has 0 radical (unpaired) electrons. The smallest absolute Gasteiger partial charge is 0.103 e. The van der Waals surface area contributed by atoms with Crippen LogP contribution in [0.4, 0.5) is 0 Å². The summed E-state index contributed by atoms with van der Waals surface area (Å²) in [6, 6.07) is 21.0. The lowest BCUT2D eigenvalue weighted by atomic mass is 9.94. The van der Waals surface area contributed by atoms with E-state index in [1.165, 1.54) is 11.1 Å². The Bertz CT molecular complexity index is 517. The maximum absolute atomic E-state index is 6.01. The van der Waals surface area contributed by atoms with Gasteiger partial charge in [0, 0.05) is 6.54 Å². The van der Waals surface area contributed by atoms with Crippen molar-refractivity contribution < 1.29 is 4.74 Å². The number of morpholine rings is 1. The summed E-state index contributed by atoms with van der Waals surface area (Å²) in [6.07, 6.45) is 0.0369. The van der Waals surface area contributed by atoms with E-state index in [-0.39, 0.29) is 12.1 Å². The van der Waals surface area contributed by atoms with Crippen molar-refractivity contribution in [2.45, 2.75) is 12.1 Å². The largest absolute Gasteiger partial charge is 0.370 e. The third-order valence-corrected chi connectivity index (χ3v) is 3.94. The molecule has 1 heterocycles. The van der Waals surface area contributed by atoms with Gasteiger partial charge in [-0.25, -0.2) is 4.31 Å². The Balaban J connectivity index is 1.97. The molecule has 0 unspecified atom stereocenters. The first-order valence-electron chi connectivity index (χ1n) is 6.53. The average molecular weight is 271 g/mol. The zero-order valence-electron chi connectivity index (χ0n) is 10.6. The summed E-state index contributed by atoms with van der Waals surface area (Å²) in [5.41, 5.74) is 2.45. The van der Waals surface area contributed by atoms with Gasteiger partial charge in [-0.15, -0.1) is 0 Å². The quantitative estimate of drug-likeness (QED) is 0.837. The Morgan fingerprint density at radius 2 is 1.47 bits per heavy atom. The van der Waals surface area contributed by atoms with E-state index in [0.717, 1.165) is 6.54 Å². The lowest BCUT2D eigenvalue weighted by Crippen LogP contribution is -2.35. The van der Waals surface area contributed by atoms with Crippen molar-refractivity contribution in [3.63, 3.8) is 0 Å². The highest BCUT2D eigenvalue weighted by Gasteiger charge is 2.33. The number of nitrogens with zero attached hydrogens (tertiary/aromatic N) is 1. The first-order valence-corrected chi connectivity index (χ1v) is 6.93. The van der Waals surface area contributed by atoms with Crippen LogP contribution < -0.4 is 0 Å². The molecule has 2 nitrogen and oxygen atoms in total. The van der Waals surface area contributed by atoms with Crippen molar-refractivity contribution >= 4 is 12.8 Å². The minimum atomic E-state index is 0.0369. The maximum Gasteiger partial charge on any atom is 0.103 e. The van der Waals surface area contributed by atoms with Crippen LogP contribution in [0.3, 0.4) is 0 Å². The van der Waals surface area contributed by atoms with Crippen LogP contribution in [0.15, 0.2) is 60.7 Å². The second kappa shape index (κ2) is 5.78. The summed E-state index contributed by atoms with van der Waals surface area (Å²) in [7, 11) is 0. The van der Waals surface area contributed by atoms with Crippen molar-refractivity contribution in [1.29, 1.82) is 0 Å². The van der Waals surface area contributed by atoms with E-state index in [0.29, 0.717) is 6.61 Å². The summed E-state index contributed by atoms with van der Waals surface area (Å²) < 4.78 is 8.09. The van der Waals surface area contributed by atoms with Crippen molar-refractivity contribution in [3.8, 4) is 0 Å². The molecule has 3 rings (SSSR count). The predicted octanol–water partition coefficient (Wildman–Crippen LogP) is 3.65. The van der Waals surface area contributed by atoms with Gasteiger partial charge < -0.3 is 4.74 Å². The zero-order chi connectivity index (χ0) is 13.1. The van der Waals surface area contributed by atoms with Gasteiger partial charge in [0.1, 0.15) is 6.10 Å². The fourth-order valence-electron chi connectivity index (χ4n) is 2.58. The van der Waals surface area contributed by atoms with Crippen molar-refractivity contribution in [3.05, 3.63) is 71.8 Å². The minimum absolute atomic E-state index is 0.0369. The molecule has 2 aromatic rings. The average Bonchev–Trinajstić information content (AvgIpc) is 2.49. The van der Waals surface area contributed by atoms with Gasteiger partial charge in [0.25, 0.3) is 0 Å². The van der Waals surface area contributed by atoms with E-state index >= 15 is 0 Å². The van der Waals surface area contributed by atoms with E-state index in [9.17, 15) is 0 Å². The molecule has 1 fully saturated rings. The van der Waals surface area contributed by atoms with E-state index in [1.54, 1.807) is 0 Å². The fraction of sp³-hybridized carbons (Fsp3) is 0.250. The molecule has 0 N–H and O–H groups in total. The zero-order valence-corrected chi connectivity index (χ0v) is 11.5. The highest BCUT2D eigenvalue weighted by molar-refractivity contribution is 7.77. The van der Waals surface area contributed by atoms with Gasteiger partial charge in [-0.3, -0.25) is 0 Å². The van der Waals surface area contributed by atoms with Crippen molar-refractivity contribution in [2.75, 3.05) is 13.2 Å². The molecule has 1 aliphatic heterocycles. The number of benzene rings is 2. The minimum Gasteiger partial charge on any atom is -0.370 e. The summed E-state index contributed by atoms with van der Waals surface area (Å²) >= 11 is 4.63. The SMILES string of the molecule is SN1CCO[C@H](c2ccccc2)[C@H]1c1ccccc1. The Hall–Kier alpha value is -1.29. The van der Waals surface area contributed by atoms with E-state index in [4.69, 9.17) is 4.74 Å². The molecular formula is C16H17NOS. The second-order valence-electron chi connectivity index (χ2n) is 4.72. The molecule has 0 bridgehead atoms. The van der Waals surface area contributed by atoms with Crippen LogP contribution in [0.5, 0.6) is 0 Å². The Morgan fingerprint density at radius 1 is 0.895 bits per heavy atom. The van der Waals surface area contributed by atoms with Crippen LogP contribution in [0.1, 0.15) is 23.3 Å². The fourth-order valence-corrected chi connectivity index (χ4v) is 2.91. The van der Waals surface area contributed by atoms with Gasteiger partial charge in [-0.05, 0) is 11.1 Å². The van der Waals surface area contributed by atoms with Gasteiger partial charge >= 0.3 is 0 Å². The molecule has 0 aromatic heterocycles. The van der Waals surface area contributed by atoms with Crippen LogP contribution in [0, 0.1) is 0 Å². The molecule has 0 aliphatic carbocycles. The third kappa shape index (κ3) is 2.68. The van der Waals surface area contributed by atoms with Crippen molar-refractivity contribution in [1.82, 2.24) is 4.31 Å². The lowest BCUT2D eigenvalue weighted by Gasteiger charge is -2.38. The van der Waals surface area contributed by atoms with E-state index < -0.39 is 0 Å². The molecule has 1 aliphatic rings. The second-order valence-corrected chi connectivity index (χ2v) is 5.23. The lowest BCUT2D eigenvalue weighted by molar-refractivity contribution is -0.0393. The van der Waals surface area contributed by atoms with Crippen molar-refractivity contribution in [2.24, 2.45) is 0 Å². The highest BCUT2D eigenvalue weighted by atomic mass is 32.1. The molecule has 98 valence electrons. The molecule has 0 saturated carbocycles. The molecule has 0 amide bonds. The monoisotopic (exact) mass is 271 g/mol. The number of rotatable bonds is 2. The number of hydrogen-bond donors (Lipinski definition) is 1. The normalized spacial score (nSPS) is 24.3. The summed E-state index contributed by atoms with van der Waals surface area (Å²) in [4.78, 5) is 0. The molecule has 2 aromatic carbocycles. The summed E-state index contributed by atoms with van der Waals surface area (Å²) in [5.74, 6) is 0. The maximum atomic E-state index is 6.01. The van der Waals surface area contributed by atoms with Gasteiger partial charge in [-0.2, -0.15) is 0 Å². The molecule has 1 saturated heterocycles. The van der Waals surface area contributed by atoms with Gasteiger partial charge in [0.2, 0.25) is 0 Å².